The Hall–Kier alpha value is -1.88. The van der Waals surface area contributed by atoms with Crippen LogP contribution < -0.4 is 5.32 Å². The predicted octanol–water partition coefficient (Wildman–Crippen LogP) is 3.09. The van der Waals surface area contributed by atoms with Gasteiger partial charge in [-0.2, -0.15) is 0 Å². The maximum atomic E-state index is 10.9. The molecule has 0 aliphatic carbocycles. The van der Waals surface area contributed by atoms with E-state index in [2.05, 4.69) is 10.3 Å². The van der Waals surface area contributed by atoms with Gasteiger partial charge >= 0.3 is 5.97 Å². The summed E-state index contributed by atoms with van der Waals surface area (Å²) in [5.41, 5.74) is 1.85. The molecule has 0 amide bonds. The monoisotopic (exact) mass is 262 g/mol. The molecule has 2 N–H and O–H groups in total. The fourth-order valence-electron chi connectivity index (χ4n) is 1.61. The Bertz CT molecular complexity index is 508. The first-order valence-electron chi connectivity index (χ1n) is 5.70. The SMILES string of the molecule is CCC(Nc1ccc(-c2nccs2)cc1)C(=O)O. The summed E-state index contributed by atoms with van der Waals surface area (Å²) in [4.78, 5) is 15.1. The summed E-state index contributed by atoms with van der Waals surface area (Å²) in [5.74, 6) is -0.832. The fourth-order valence-corrected chi connectivity index (χ4v) is 2.26. The average Bonchev–Trinajstić information content (AvgIpc) is 2.90. The van der Waals surface area contributed by atoms with Gasteiger partial charge in [-0.15, -0.1) is 11.3 Å². The quantitative estimate of drug-likeness (QED) is 0.869. The second-order valence-corrected chi connectivity index (χ2v) is 4.75. The van der Waals surface area contributed by atoms with Crippen molar-refractivity contribution < 1.29 is 9.90 Å². The van der Waals surface area contributed by atoms with E-state index in [-0.39, 0.29) is 0 Å². The Morgan fingerprint density at radius 2 is 2.17 bits per heavy atom. The number of nitrogens with zero attached hydrogens (tertiary/aromatic N) is 1. The van der Waals surface area contributed by atoms with Crippen molar-refractivity contribution in [2.45, 2.75) is 19.4 Å². The maximum absolute atomic E-state index is 10.9. The normalized spacial score (nSPS) is 12.1. The van der Waals surface area contributed by atoms with Gasteiger partial charge in [0.1, 0.15) is 11.0 Å². The highest BCUT2D eigenvalue weighted by molar-refractivity contribution is 7.13. The zero-order valence-corrected chi connectivity index (χ0v) is 10.8. The number of carbonyl (C=O) groups is 1. The van der Waals surface area contributed by atoms with Crippen LogP contribution in [0.5, 0.6) is 0 Å². The van der Waals surface area contributed by atoms with Crippen LogP contribution in [0.15, 0.2) is 35.8 Å². The van der Waals surface area contributed by atoms with Gasteiger partial charge in [0.05, 0.1) is 0 Å². The van der Waals surface area contributed by atoms with E-state index in [4.69, 9.17) is 5.11 Å². The van der Waals surface area contributed by atoms with Gasteiger partial charge in [-0.25, -0.2) is 9.78 Å². The summed E-state index contributed by atoms with van der Waals surface area (Å²) < 4.78 is 0. The third-order valence-corrected chi connectivity index (χ3v) is 3.43. The molecule has 0 bridgehead atoms. The van der Waals surface area contributed by atoms with Crippen LogP contribution in [0.25, 0.3) is 10.6 Å². The lowest BCUT2D eigenvalue weighted by Crippen LogP contribution is -2.28. The summed E-state index contributed by atoms with van der Waals surface area (Å²) in [7, 11) is 0. The number of aromatic nitrogens is 1. The molecule has 5 heteroatoms. The van der Waals surface area contributed by atoms with Crippen LogP contribution in [-0.4, -0.2) is 22.1 Å². The van der Waals surface area contributed by atoms with E-state index in [1.165, 1.54) is 0 Å². The first-order valence-corrected chi connectivity index (χ1v) is 6.58. The number of aliphatic carboxylic acids is 1. The summed E-state index contributed by atoms with van der Waals surface area (Å²) in [6, 6.07) is 7.09. The van der Waals surface area contributed by atoms with Crippen molar-refractivity contribution in [3.63, 3.8) is 0 Å². The summed E-state index contributed by atoms with van der Waals surface area (Å²) >= 11 is 1.58. The van der Waals surface area contributed by atoms with E-state index in [0.29, 0.717) is 6.42 Å². The van der Waals surface area contributed by atoms with Crippen molar-refractivity contribution in [3.05, 3.63) is 35.8 Å². The summed E-state index contributed by atoms with van der Waals surface area (Å²) in [6.45, 7) is 1.84. The minimum atomic E-state index is -0.832. The third kappa shape index (κ3) is 2.87. The molecule has 0 aliphatic rings. The number of carboxylic acid groups (broad SMARTS) is 1. The molecule has 0 fully saturated rings. The Labute approximate surface area is 109 Å². The smallest absolute Gasteiger partial charge is 0.326 e. The van der Waals surface area contributed by atoms with E-state index in [1.54, 1.807) is 17.5 Å². The Balaban J connectivity index is 2.10. The van der Waals surface area contributed by atoms with Gasteiger partial charge in [0.15, 0.2) is 0 Å². The lowest BCUT2D eigenvalue weighted by Gasteiger charge is -2.13. The summed E-state index contributed by atoms with van der Waals surface area (Å²) in [5, 5.41) is 14.8. The molecule has 4 nitrogen and oxygen atoms in total. The van der Waals surface area contributed by atoms with Crippen molar-refractivity contribution in [3.8, 4) is 10.6 Å². The minimum absolute atomic E-state index is 0.545. The van der Waals surface area contributed by atoms with Crippen LogP contribution in [0.4, 0.5) is 5.69 Å². The second-order valence-electron chi connectivity index (χ2n) is 3.86. The van der Waals surface area contributed by atoms with E-state index >= 15 is 0 Å². The highest BCUT2D eigenvalue weighted by Gasteiger charge is 2.14. The molecule has 2 rings (SSSR count). The number of nitrogens with one attached hydrogen (secondary N) is 1. The van der Waals surface area contributed by atoms with Gasteiger partial charge in [-0.05, 0) is 30.7 Å². The van der Waals surface area contributed by atoms with Crippen molar-refractivity contribution in [1.29, 1.82) is 0 Å². The largest absolute Gasteiger partial charge is 0.480 e. The maximum Gasteiger partial charge on any atom is 0.326 e. The minimum Gasteiger partial charge on any atom is -0.480 e. The molecule has 1 heterocycles. The van der Waals surface area contributed by atoms with Gasteiger partial charge in [-0.1, -0.05) is 6.92 Å². The van der Waals surface area contributed by atoms with E-state index < -0.39 is 12.0 Å². The molecule has 0 aliphatic heterocycles. The Morgan fingerprint density at radius 3 is 2.67 bits per heavy atom. The van der Waals surface area contributed by atoms with Crippen LogP contribution in [0.2, 0.25) is 0 Å². The van der Waals surface area contributed by atoms with Crippen molar-refractivity contribution >= 4 is 23.0 Å². The predicted molar refractivity (Wildman–Crippen MR) is 72.9 cm³/mol. The first-order chi connectivity index (χ1) is 8.70. The van der Waals surface area contributed by atoms with Crippen LogP contribution >= 0.6 is 11.3 Å². The Morgan fingerprint density at radius 1 is 1.44 bits per heavy atom. The van der Waals surface area contributed by atoms with Gasteiger partial charge in [-0.3, -0.25) is 0 Å². The summed E-state index contributed by atoms with van der Waals surface area (Å²) in [6.07, 6.45) is 2.31. The molecule has 0 spiro atoms. The van der Waals surface area contributed by atoms with E-state index in [0.717, 1.165) is 16.3 Å². The van der Waals surface area contributed by atoms with Crippen LogP contribution in [0.1, 0.15) is 13.3 Å². The molecule has 1 aromatic carbocycles. The number of carboxylic acids is 1. The number of benzene rings is 1. The molecule has 1 atom stereocenters. The lowest BCUT2D eigenvalue weighted by atomic mass is 10.2. The molecule has 18 heavy (non-hydrogen) atoms. The van der Waals surface area contributed by atoms with Gasteiger partial charge < -0.3 is 10.4 Å². The zero-order valence-electron chi connectivity index (χ0n) is 9.96. The molecule has 1 unspecified atom stereocenters. The highest BCUT2D eigenvalue weighted by Crippen LogP contribution is 2.23. The molecule has 0 saturated heterocycles. The van der Waals surface area contributed by atoms with Gasteiger partial charge in [0.25, 0.3) is 0 Å². The molecule has 0 saturated carbocycles. The standard InChI is InChI=1S/C13H14N2O2S/c1-2-11(13(16)17)15-10-5-3-9(4-6-10)12-14-7-8-18-12/h3-8,11,15H,2H2,1H3,(H,16,17). The average molecular weight is 262 g/mol. The number of anilines is 1. The van der Waals surface area contributed by atoms with Crippen LogP contribution in [0, 0.1) is 0 Å². The van der Waals surface area contributed by atoms with Crippen LogP contribution in [0.3, 0.4) is 0 Å². The molecular weight excluding hydrogens is 248 g/mol. The van der Waals surface area contributed by atoms with E-state index in [1.807, 2.05) is 36.6 Å². The number of hydrogen-bond acceptors (Lipinski definition) is 4. The van der Waals surface area contributed by atoms with Gasteiger partial charge in [0, 0.05) is 22.8 Å². The van der Waals surface area contributed by atoms with Gasteiger partial charge in [0.2, 0.25) is 0 Å². The van der Waals surface area contributed by atoms with Crippen LogP contribution in [-0.2, 0) is 4.79 Å². The molecule has 1 aromatic heterocycles. The lowest BCUT2D eigenvalue weighted by molar-refractivity contribution is -0.137. The number of rotatable bonds is 5. The number of thiazole rings is 1. The molecule has 94 valence electrons. The zero-order chi connectivity index (χ0) is 13.0. The molecule has 0 radical (unpaired) electrons. The highest BCUT2D eigenvalue weighted by atomic mass is 32.1. The third-order valence-electron chi connectivity index (χ3n) is 2.61. The van der Waals surface area contributed by atoms with Crippen molar-refractivity contribution in [1.82, 2.24) is 4.98 Å². The second kappa shape index (κ2) is 5.64. The van der Waals surface area contributed by atoms with Crippen molar-refractivity contribution in [2.24, 2.45) is 0 Å². The first kappa shape index (κ1) is 12.6. The van der Waals surface area contributed by atoms with E-state index in [9.17, 15) is 4.79 Å². The van der Waals surface area contributed by atoms with Crippen molar-refractivity contribution in [2.75, 3.05) is 5.32 Å². The molecular formula is C13H14N2O2S. The Kier molecular flexibility index (Phi) is 3.94. The fraction of sp³-hybridized carbons (Fsp3) is 0.231. The molecule has 2 aromatic rings. The topological polar surface area (TPSA) is 62.2 Å². The number of hydrogen-bond donors (Lipinski definition) is 2.